The molecule has 0 aliphatic heterocycles. The van der Waals surface area contributed by atoms with Gasteiger partial charge in [0.25, 0.3) is 0 Å². The van der Waals surface area contributed by atoms with Gasteiger partial charge in [-0.25, -0.2) is 0 Å². The summed E-state index contributed by atoms with van der Waals surface area (Å²) in [4.78, 5) is 46.7. The van der Waals surface area contributed by atoms with E-state index in [1.165, 1.54) is 14.0 Å². The highest BCUT2D eigenvalue weighted by Gasteiger charge is 2.53. The van der Waals surface area contributed by atoms with Crippen LogP contribution in [0, 0.1) is 17.3 Å². The molecule has 1 rings (SSSR count). The average Bonchev–Trinajstić information content (AvgIpc) is 2.13. The third-order valence-corrected chi connectivity index (χ3v) is 3.15. The third kappa shape index (κ3) is 2.28. The number of hydrogen-bond donors (Lipinski definition) is 0. The van der Waals surface area contributed by atoms with Crippen LogP contribution in [0.3, 0.4) is 0 Å². The SMILES string of the molecule is COC(=O)[C@@H]1C(=O)[C@@H](C(C)=O)C(=O)CC1(C)C. The van der Waals surface area contributed by atoms with Crippen LogP contribution in [0.4, 0.5) is 0 Å². The number of Topliss-reactive ketones (excluding diaryl/α,β-unsaturated/α-hetero) is 3. The summed E-state index contributed by atoms with van der Waals surface area (Å²) in [5.74, 6) is -4.58. The van der Waals surface area contributed by atoms with Crippen molar-refractivity contribution >= 4 is 23.3 Å². The Labute approximate surface area is 99.5 Å². The molecule has 0 aromatic heterocycles. The quantitative estimate of drug-likeness (QED) is 0.520. The molecule has 0 unspecified atom stereocenters. The first-order chi connectivity index (χ1) is 7.72. The van der Waals surface area contributed by atoms with Crippen molar-refractivity contribution in [3.63, 3.8) is 0 Å². The molecule has 1 saturated carbocycles. The van der Waals surface area contributed by atoms with E-state index in [0.29, 0.717) is 0 Å². The van der Waals surface area contributed by atoms with Gasteiger partial charge in [0, 0.05) is 6.42 Å². The summed E-state index contributed by atoms with van der Waals surface area (Å²) in [5.41, 5.74) is -0.798. The minimum Gasteiger partial charge on any atom is -0.468 e. The second-order valence-electron chi connectivity index (χ2n) is 5.03. The van der Waals surface area contributed by atoms with Gasteiger partial charge in [0.1, 0.15) is 17.6 Å². The number of esters is 1. The van der Waals surface area contributed by atoms with Crippen LogP contribution in [0.25, 0.3) is 0 Å². The minimum absolute atomic E-state index is 0.0305. The van der Waals surface area contributed by atoms with Crippen LogP contribution in [-0.2, 0) is 23.9 Å². The maximum absolute atomic E-state index is 12.1. The number of carbonyl (C=O) groups is 4. The maximum atomic E-state index is 12.1. The zero-order valence-electron chi connectivity index (χ0n) is 10.4. The summed E-state index contributed by atoms with van der Waals surface area (Å²) in [6, 6.07) is 0. The Morgan fingerprint density at radius 2 is 1.82 bits per heavy atom. The summed E-state index contributed by atoms with van der Waals surface area (Å²) in [6.07, 6.45) is 0.0305. The predicted molar refractivity (Wildman–Crippen MR) is 58.1 cm³/mol. The molecule has 1 aliphatic rings. The van der Waals surface area contributed by atoms with E-state index in [9.17, 15) is 19.2 Å². The Morgan fingerprint density at radius 1 is 1.29 bits per heavy atom. The molecule has 5 heteroatoms. The minimum atomic E-state index is -1.30. The molecule has 94 valence electrons. The topological polar surface area (TPSA) is 77.5 Å². The van der Waals surface area contributed by atoms with E-state index in [4.69, 9.17) is 0 Å². The van der Waals surface area contributed by atoms with Crippen LogP contribution in [-0.4, -0.2) is 30.4 Å². The lowest BCUT2D eigenvalue weighted by atomic mass is 9.63. The molecular weight excluding hydrogens is 224 g/mol. The first kappa shape index (κ1) is 13.5. The number of carbonyl (C=O) groups excluding carboxylic acids is 4. The van der Waals surface area contributed by atoms with E-state index >= 15 is 0 Å². The average molecular weight is 240 g/mol. The fourth-order valence-electron chi connectivity index (χ4n) is 2.34. The normalized spacial score (nSPS) is 27.8. The van der Waals surface area contributed by atoms with Crippen molar-refractivity contribution in [2.75, 3.05) is 7.11 Å². The summed E-state index contributed by atoms with van der Waals surface area (Å²) < 4.78 is 4.58. The molecule has 17 heavy (non-hydrogen) atoms. The first-order valence-electron chi connectivity index (χ1n) is 5.37. The lowest BCUT2D eigenvalue weighted by Gasteiger charge is -2.37. The maximum Gasteiger partial charge on any atom is 0.316 e. The fraction of sp³-hybridized carbons (Fsp3) is 0.667. The molecule has 0 amide bonds. The predicted octanol–water partition coefficient (Wildman–Crippen LogP) is 0.549. The highest BCUT2D eigenvalue weighted by Crippen LogP contribution is 2.40. The molecule has 0 bridgehead atoms. The van der Waals surface area contributed by atoms with E-state index in [1.807, 2.05) is 0 Å². The molecule has 2 atom stereocenters. The second kappa shape index (κ2) is 4.39. The first-order valence-corrected chi connectivity index (χ1v) is 5.37. The van der Waals surface area contributed by atoms with Gasteiger partial charge in [-0.1, -0.05) is 13.8 Å². The molecular formula is C12H16O5. The van der Waals surface area contributed by atoms with Crippen molar-refractivity contribution in [1.82, 2.24) is 0 Å². The van der Waals surface area contributed by atoms with Crippen molar-refractivity contribution in [3.8, 4) is 0 Å². The molecule has 0 N–H and O–H groups in total. The van der Waals surface area contributed by atoms with Crippen molar-refractivity contribution in [3.05, 3.63) is 0 Å². The molecule has 1 aliphatic carbocycles. The summed E-state index contributed by atoms with van der Waals surface area (Å²) in [7, 11) is 1.19. The zero-order valence-corrected chi connectivity index (χ0v) is 10.4. The summed E-state index contributed by atoms with van der Waals surface area (Å²) in [6.45, 7) is 4.49. The van der Waals surface area contributed by atoms with Gasteiger partial charge in [0.2, 0.25) is 0 Å². The number of methoxy groups -OCH3 is 1. The van der Waals surface area contributed by atoms with Crippen LogP contribution in [0.15, 0.2) is 0 Å². The molecule has 0 aromatic rings. The number of rotatable bonds is 2. The molecule has 0 radical (unpaired) electrons. The van der Waals surface area contributed by atoms with E-state index < -0.39 is 40.6 Å². The largest absolute Gasteiger partial charge is 0.468 e. The number of ketones is 3. The van der Waals surface area contributed by atoms with Crippen LogP contribution in [0.5, 0.6) is 0 Å². The monoisotopic (exact) mass is 240 g/mol. The molecule has 0 spiro atoms. The Hall–Kier alpha value is -1.52. The van der Waals surface area contributed by atoms with E-state index in [2.05, 4.69) is 4.74 Å². The fourth-order valence-corrected chi connectivity index (χ4v) is 2.34. The summed E-state index contributed by atoms with van der Waals surface area (Å²) in [5, 5.41) is 0. The second-order valence-corrected chi connectivity index (χ2v) is 5.03. The van der Waals surface area contributed by atoms with Gasteiger partial charge in [-0.3, -0.25) is 19.2 Å². The van der Waals surface area contributed by atoms with E-state index in [-0.39, 0.29) is 6.42 Å². The smallest absolute Gasteiger partial charge is 0.316 e. The number of hydrogen-bond acceptors (Lipinski definition) is 5. The van der Waals surface area contributed by atoms with E-state index in [1.54, 1.807) is 13.8 Å². The lowest BCUT2D eigenvalue weighted by Crippen LogP contribution is -2.51. The van der Waals surface area contributed by atoms with Crippen LogP contribution in [0.2, 0.25) is 0 Å². The van der Waals surface area contributed by atoms with Crippen molar-refractivity contribution in [1.29, 1.82) is 0 Å². The molecule has 5 nitrogen and oxygen atoms in total. The van der Waals surface area contributed by atoms with Gasteiger partial charge in [-0.05, 0) is 12.3 Å². The van der Waals surface area contributed by atoms with Crippen molar-refractivity contribution < 1.29 is 23.9 Å². The van der Waals surface area contributed by atoms with Crippen LogP contribution < -0.4 is 0 Å². The summed E-state index contributed by atoms with van der Waals surface area (Å²) >= 11 is 0. The van der Waals surface area contributed by atoms with Gasteiger partial charge < -0.3 is 4.74 Å². The lowest BCUT2D eigenvalue weighted by molar-refractivity contribution is -0.161. The van der Waals surface area contributed by atoms with Gasteiger partial charge in [-0.2, -0.15) is 0 Å². The molecule has 1 fully saturated rings. The van der Waals surface area contributed by atoms with E-state index in [0.717, 1.165) is 0 Å². The third-order valence-electron chi connectivity index (χ3n) is 3.15. The van der Waals surface area contributed by atoms with Crippen molar-refractivity contribution in [2.45, 2.75) is 27.2 Å². The Balaban J connectivity index is 3.18. The Bertz CT molecular complexity index is 394. The molecule has 0 saturated heterocycles. The Morgan fingerprint density at radius 3 is 2.24 bits per heavy atom. The molecule has 0 aromatic carbocycles. The highest BCUT2D eigenvalue weighted by atomic mass is 16.5. The van der Waals surface area contributed by atoms with Crippen LogP contribution in [0.1, 0.15) is 27.2 Å². The highest BCUT2D eigenvalue weighted by molar-refractivity contribution is 6.24. The van der Waals surface area contributed by atoms with Crippen LogP contribution >= 0.6 is 0 Å². The van der Waals surface area contributed by atoms with Gasteiger partial charge >= 0.3 is 5.97 Å². The van der Waals surface area contributed by atoms with Gasteiger partial charge in [0.05, 0.1) is 7.11 Å². The zero-order chi connectivity index (χ0) is 13.4. The van der Waals surface area contributed by atoms with Crippen molar-refractivity contribution in [2.24, 2.45) is 17.3 Å². The Kier molecular flexibility index (Phi) is 3.50. The standard InChI is InChI=1S/C12H16O5/c1-6(13)8-7(14)5-12(2,3)9(10(8)15)11(16)17-4/h8-9H,5H2,1-4H3/t8-,9-/m0/s1. The number of ether oxygens (including phenoxy) is 1. The molecule has 0 heterocycles. The van der Waals surface area contributed by atoms with Gasteiger partial charge in [-0.15, -0.1) is 0 Å². The van der Waals surface area contributed by atoms with Gasteiger partial charge in [0.15, 0.2) is 11.6 Å².